The number of pyridine rings is 1. The minimum atomic E-state index is -1.10. The Morgan fingerprint density at radius 3 is 2.60 bits per heavy atom. The second-order valence-corrected chi connectivity index (χ2v) is 4.13. The van der Waals surface area contributed by atoms with E-state index in [1.54, 1.807) is 18.2 Å². The van der Waals surface area contributed by atoms with Crippen molar-refractivity contribution in [3.05, 3.63) is 33.5 Å². The lowest BCUT2D eigenvalue weighted by Crippen LogP contribution is -1.99. The van der Waals surface area contributed by atoms with Gasteiger partial charge in [0.05, 0.1) is 3.57 Å². The molecular formula is C10H6INO3. The number of aromatic hydroxyl groups is 1. The van der Waals surface area contributed by atoms with Crippen LogP contribution in [0.15, 0.2) is 24.3 Å². The fourth-order valence-corrected chi connectivity index (χ4v) is 1.70. The number of phenols is 1. The van der Waals surface area contributed by atoms with Crippen LogP contribution in [0.4, 0.5) is 0 Å². The van der Waals surface area contributed by atoms with Crippen LogP contribution >= 0.6 is 22.6 Å². The van der Waals surface area contributed by atoms with E-state index in [-0.39, 0.29) is 11.4 Å². The molecule has 2 rings (SSSR count). The van der Waals surface area contributed by atoms with E-state index in [1.807, 2.05) is 22.6 Å². The van der Waals surface area contributed by atoms with Gasteiger partial charge in [0.15, 0.2) is 5.75 Å². The highest BCUT2D eigenvalue weighted by molar-refractivity contribution is 14.1. The standard InChI is InChI=1S/C10H6INO3/c11-6-3-1-5-2-4-7(10(14)15)12-8(5)9(6)13/h1-4,13H,(H,14,15). The Morgan fingerprint density at radius 1 is 1.27 bits per heavy atom. The molecule has 0 aliphatic heterocycles. The second-order valence-electron chi connectivity index (χ2n) is 2.97. The van der Waals surface area contributed by atoms with Crippen LogP contribution in [-0.4, -0.2) is 21.2 Å². The molecule has 0 unspecified atom stereocenters. The van der Waals surface area contributed by atoms with E-state index in [4.69, 9.17) is 5.11 Å². The van der Waals surface area contributed by atoms with Gasteiger partial charge in [-0.1, -0.05) is 12.1 Å². The first-order valence-electron chi connectivity index (χ1n) is 4.11. The first kappa shape index (κ1) is 10.2. The van der Waals surface area contributed by atoms with Gasteiger partial charge in [0, 0.05) is 5.39 Å². The Kier molecular flexibility index (Phi) is 2.47. The van der Waals surface area contributed by atoms with Crippen LogP contribution in [0.3, 0.4) is 0 Å². The molecule has 0 fully saturated rings. The summed E-state index contributed by atoms with van der Waals surface area (Å²) in [4.78, 5) is 14.6. The van der Waals surface area contributed by atoms with Crippen molar-refractivity contribution >= 4 is 39.5 Å². The average Bonchev–Trinajstić information content (AvgIpc) is 2.23. The van der Waals surface area contributed by atoms with Crippen LogP contribution in [0.2, 0.25) is 0 Å². The Balaban J connectivity index is 2.79. The molecule has 0 radical (unpaired) electrons. The minimum Gasteiger partial charge on any atom is -0.505 e. The predicted octanol–water partition coefficient (Wildman–Crippen LogP) is 2.24. The number of aromatic carboxylic acids is 1. The van der Waals surface area contributed by atoms with E-state index in [0.29, 0.717) is 9.09 Å². The molecule has 1 aromatic carbocycles. The number of rotatable bonds is 1. The van der Waals surface area contributed by atoms with E-state index in [9.17, 15) is 9.90 Å². The first-order chi connectivity index (χ1) is 7.09. The number of fused-ring (bicyclic) bond motifs is 1. The van der Waals surface area contributed by atoms with Gasteiger partial charge >= 0.3 is 5.97 Å². The molecule has 2 aromatic rings. The number of halogens is 1. The molecule has 0 bridgehead atoms. The molecule has 1 aromatic heterocycles. The predicted molar refractivity (Wildman–Crippen MR) is 63.1 cm³/mol. The van der Waals surface area contributed by atoms with Crippen LogP contribution < -0.4 is 0 Å². The molecule has 0 aliphatic rings. The maximum absolute atomic E-state index is 10.7. The van der Waals surface area contributed by atoms with Crippen LogP contribution in [-0.2, 0) is 0 Å². The summed E-state index contributed by atoms with van der Waals surface area (Å²) in [6, 6.07) is 6.58. The van der Waals surface area contributed by atoms with Gasteiger partial charge < -0.3 is 10.2 Å². The molecule has 0 amide bonds. The summed E-state index contributed by atoms with van der Waals surface area (Å²) in [6.45, 7) is 0. The van der Waals surface area contributed by atoms with Crippen molar-refractivity contribution in [2.45, 2.75) is 0 Å². The summed E-state index contributed by atoms with van der Waals surface area (Å²) >= 11 is 1.96. The summed E-state index contributed by atoms with van der Waals surface area (Å²) < 4.78 is 0.648. The van der Waals surface area contributed by atoms with Crippen LogP contribution in [0.25, 0.3) is 10.9 Å². The second kappa shape index (κ2) is 3.65. The number of hydrogen-bond acceptors (Lipinski definition) is 3. The fraction of sp³-hybridized carbons (Fsp3) is 0. The zero-order chi connectivity index (χ0) is 11.0. The van der Waals surface area contributed by atoms with Crippen molar-refractivity contribution in [2.24, 2.45) is 0 Å². The number of carboxylic acids is 1. The Hall–Kier alpha value is -1.37. The topological polar surface area (TPSA) is 70.4 Å². The lowest BCUT2D eigenvalue weighted by atomic mass is 10.2. The van der Waals surface area contributed by atoms with E-state index >= 15 is 0 Å². The Morgan fingerprint density at radius 2 is 1.93 bits per heavy atom. The Bertz CT molecular complexity index is 554. The molecule has 5 heteroatoms. The molecule has 4 nitrogen and oxygen atoms in total. The van der Waals surface area contributed by atoms with Crippen LogP contribution in [0, 0.1) is 3.57 Å². The average molecular weight is 315 g/mol. The third kappa shape index (κ3) is 1.74. The quantitative estimate of drug-likeness (QED) is 0.792. The van der Waals surface area contributed by atoms with Crippen molar-refractivity contribution < 1.29 is 15.0 Å². The maximum Gasteiger partial charge on any atom is 0.354 e. The number of carboxylic acid groups (broad SMARTS) is 1. The SMILES string of the molecule is O=C(O)c1ccc2ccc(I)c(O)c2n1. The lowest BCUT2D eigenvalue weighted by Gasteiger charge is -2.03. The maximum atomic E-state index is 10.7. The van der Waals surface area contributed by atoms with E-state index < -0.39 is 5.97 Å². The molecule has 0 saturated carbocycles. The molecule has 0 saturated heterocycles. The summed E-state index contributed by atoms with van der Waals surface area (Å²) in [7, 11) is 0. The number of benzene rings is 1. The third-order valence-corrected chi connectivity index (χ3v) is 2.88. The number of carbonyl (C=O) groups is 1. The van der Waals surface area contributed by atoms with Gasteiger partial charge in [-0.2, -0.15) is 0 Å². The van der Waals surface area contributed by atoms with Gasteiger partial charge in [-0.3, -0.25) is 0 Å². The molecule has 1 heterocycles. The van der Waals surface area contributed by atoms with Crippen LogP contribution in [0.5, 0.6) is 5.75 Å². The monoisotopic (exact) mass is 315 g/mol. The van der Waals surface area contributed by atoms with Gasteiger partial charge in [-0.15, -0.1) is 0 Å². The van der Waals surface area contributed by atoms with Crippen molar-refractivity contribution in [2.75, 3.05) is 0 Å². The summed E-state index contributed by atoms with van der Waals surface area (Å²) in [5.41, 5.74) is 0.251. The van der Waals surface area contributed by atoms with Crippen molar-refractivity contribution in [3.63, 3.8) is 0 Å². The molecular weight excluding hydrogens is 309 g/mol. The van der Waals surface area contributed by atoms with Gasteiger partial charge in [-0.05, 0) is 34.7 Å². The summed E-state index contributed by atoms with van der Waals surface area (Å²) in [5.74, 6) is -1.08. The summed E-state index contributed by atoms with van der Waals surface area (Å²) in [6.07, 6.45) is 0. The Labute approximate surface area is 98.7 Å². The first-order valence-corrected chi connectivity index (χ1v) is 5.19. The van der Waals surface area contributed by atoms with E-state index in [0.717, 1.165) is 5.39 Å². The molecule has 76 valence electrons. The van der Waals surface area contributed by atoms with E-state index in [2.05, 4.69) is 4.98 Å². The zero-order valence-corrected chi connectivity index (χ0v) is 9.59. The molecule has 0 spiro atoms. The fourth-order valence-electron chi connectivity index (χ4n) is 1.27. The highest BCUT2D eigenvalue weighted by atomic mass is 127. The summed E-state index contributed by atoms with van der Waals surface area (Å²) in [5, 5.41) is 19.2. The van der Waals surface area contributed by atoms with Gasteiger partial charge in [0.1, 0.15) is 11.2 Å². The zero-order valence-electron chi connectivity index (χ0n) is 7.44. The largest absolute Gasteiger partial charge is 0.505 e. The van der Waals surface area contributed by atoms with E-state index in [1.165, 1.54) is 6.07 Å². The highest BCUT2D eigenvalue weighted by Crippen LogP contribution is 2.28. The number of nitrogens with zero attached hydrogens (tertiary/aromatic N) is 1. The lowest BCUT2D eigenvalue weighted by molar-refractivity contribution is 0.0691. The number of aromatic nitrogens is 1. The van der Waals surface area contributed by atoms with Gasteiger partial charge in [0.25, 0.3) is 0 Å². The number of phenolic OH excluding ortho intramolecular Hbond substituents is 1. The molecule has 0 atom stereocenters. The van der Waals surface area contributed by atoms with Crippen molar-refractivity contribution in [1.29, 1.82) is 0 Å². The van der Waals surface area contributed by atoms with Crippen LogP contribution in [0.1, 0.15) is 10.5 Å². The van der Waals surface area contributed by atoms with Gasteiger partial charge in [-0.25, -0.2) is 9.78 Å². The molecule has 15 heavy (non-hydrogen) atoms. The molecule has 0 aliphatic carbocycles. The smallest absolute Gasteiger partial charge is 0.354 e. The highest BCUT2D eigenvalue weighted by Gasteiger charge is 2.09. The molecule has 2 N–H and O–H groups in total. The minimum absolute atomic E-state index is 0.0243. The van der Waals surface area contributed by atoms with Crippen molar-refractivity contribution in [1.82, 2.24) is 4.98 Å². The van der Waals surface area contributed by atoms with Gasteiger partial charge in [0.2, 0.25) is 0 Å². The normalized spacial score (nSPS) is 10.5. The third-order valence-electron chi connectivity index (χ3n) is 2.01. The van der Waals surface area contributed by atoms with Crippen molar-refractivity contribution in [3.8, 4) is 5.75 Å². The number of hydrogen-bond donors (Lipinski definition) is 2.